The van der Waals surface area contributed by atoms with E-state index in [1.807, 2.05) is 6.07 Å². The first kappa shape index (κ1) is 17.7. The third-order valence-electron chi connectivity index (χ3n) is 2.99. The summed E-state index contributed by atoms with van der Waals surface area (Å²) in [6.07, 6.45) is 2.44. The Hall–Kier alpha value is -2.63. The van der Waals surface area contributed by atoms with E-state index in [2.05, 4.69) is 20.7 Å². The number of nitrogens with one attached hydrogen (secondary N) is 1. The fourth-order valence-corrected chi connectivity index (χ4v) is 3.62. The van der Waals surface area contributed by atoms with E-state index >= 15 is 0 Å². The molecule has 6 nitrogen and oxygen atoms in total. The van der Waals surface area contributed by atoms with E-state index in [1.54, 1.807) is 24.3 Å². The summed E-state index contributed by atoms with van der Waals surface area (Å²) in [5.41, 5.74) is 5.62. The Kier molecular flexibility index (Phi) is 5.39. The van der Waals surface area contributed by atoms with Crippen LogP contribution in [0.1, 0.15) is 11.1 Å². The first-order valence-electron chi connectivity index (χ1n) is 6.62. The van der Waals surface area contributed by atoms with Gasteiger partial charge in [-0.25, -0.2) is 8.42 Å². The topological polar surface area (TPSA) is 113 Å². The highest BCUT2D eigenvalue weighted by Crippen LogP contribution is 2.26. The summed E-state index contributed by atoms with van der Waals surface area (Å²) in [4.78, 5) is 10.9. The van der Waals surface area contributed by atoms with Gasteiger partial charge >= 0.3 is 0 Å². The van der Waals surface area contributed by atoms with Crippen LogP contribution in [0.4, 0.5) is 5.69 Å². The van der Waals surface area contributed by atoms with Crippen molar-refractivity contribution in [2.24, 2.45) is 5.73 Å². The Morgan fingerprint density at radius 2 is 1.96 bits per heavy atom. The Morgan fingerprint density at radius 1 is 1.25 bits per heavy atom. The Bertz CT molecular complexity index is 963. The second-order valence-electron chi connectivity index (χ2n) is 4.68. The lowest BCUT2D eigenvalue weighted by molar-refractivity contribution is -0.113. The normalized spacial score (nSPS) is 11.2. The third kappa shape index (κ3) is 4.22. The van der Waals surface area contributed by atoms with Gasteiger partial charge < -0.3 is 5.73 Å². The molecule has 0 saturated carbocycles. The SMILES string of the molecule is N#Cc1cccc(/C=C/C(N)=O)c1NS(=O)(=O)c1cccc(Br)c1. The number of benzene rings is 2. The van der Waals surface area contributed by atoms with E-state index in [1.165, 1.54) is 24.3 Å². The highest BCUT2D eigenvalue weighted by Gasteiger charge is 2.18. The molecule has 0 radical (unpaired) electrons. The van der Waals surface area contributed by atoms with Crippen LogP contribution in [0.25, 0.3) is 6.08 Å². The molecule has 2 aromatic rings. The number of nitrogens with two attached hydrogens (primary N) is 1. The Balaban J connectivity index is 2.52. The number of primary amides is 1. The van der Waals surface area contributed by atoms with Crippen molar-refractivity contribution in [1.29, 1.82) is 5.26 Å². The van der Waals surface area contributed by atoms with Crippen LogP contribution in [0.15, 0.2) is 57.9 Å². The summed E-state index contributed by atoms with van der Waals surface area (Å²) in [5.74, 6) is -0.682. The summed E-state index contributed by atoms with van der Waals surface area (Å²) in [5, 5.41) is 9.22. The van der Waals surface area contributed by atoms with Crippen molar-refractivity contribution in [3.63, 3.8) is 0 Å². The minimum Gasteiger partial charge on any atom is -0.366 e. The summed E-state index contributed by atoms with van der Waals surface area (Å²) in [6, 6.07) is 12.7. The summed E-state index contributed by atoms with van der Waals surface area (Å²) in [7, 11) is -3.91. The average molecular weight is 406 g/mol. The number of carbonyl (C=O) groups excluding carboxylic acids is 1. The smallest absolute Gasteiger partial charge is 0.261 e. The lowest BCUT2D eigenvalue weighted by atomic mass is 10.1. The largest absolute Gasteiger partial charge is 0.366 e. The number of para-hydroxylation sites is 1. The van der Waals surface area contributed by atoms with Crippen LogP contribution in [-0.2, 0) is 14.8 Å². The number of sulfonamides is 1. The molecule has 0 atom stereocenters. The zero-order valence-electron chi connectivity index (χ0n) is 12.2. The molecule has 1 amide bonds. The van der Waals surface area contributed by atoms with Crippen molar-refractivity contribution >= 4 is 43.6 Å². The molecule has 0 unspecified atom stereocenters. The lowest BCUT2D eigenvalue weighted by Crippen LogP contribution is -2.15. The zero-order chi connectivity index (χ0) is 17.7. The maximum Gasteiger partial charge on any atom is 0.261 e. The van der Waals surface area contributed by atoms with Crippen molar-refractivity contribution in [3.8, 4) is 6.07 Å². The van der Waals surface area contributed by atoms with Gasteiger partial charge in [0, 0.05) is 16.1 Å². The molecule has 0 bridgehead atoms. The minimum absolute atomic E-state index is 0.0365. The lowest BCUT2D eigenvalue weighted by Gasteiger charge is -2.12. The molecule has 0 saturated heterocycles. The van der Waals surface area contributed by atoms with Gasteiger partial charge in [-0.3, -0.25) is 9.52 Å². The maximum atomic E-state index is 12.6. The first-order chi connectivity index (χ1) is 11.3. The molecule has 0 spiro atoms. The van der Waals surface area contributed by atoms with Gasteiger partial charge in [-0.05, 0) is 30.3 Å². The molecule has 2 rings (SSSR count). The second-order valence-corrected chi connectivity index (χ2v) is 7.28. The molecule has 8 heteroatoms. The van der Waals surface area contributed by atoms with Crippen LogP contribution in [0.5, 0.6) is 0 Å². The van der Waals surface area contributed by atoms with Gasteiger partial charge in [0.05, 0.1) is 16.1 Å². The molecule has 0 aromatic heterocycles. The van der Waals surface area contributed by atoms with Crippen LogP contribution < -0.4 is 10.5 Å². The quantitative estimate of drug-likeness (QED) is 0.743. The van der Waals surface area contributed by atoms with E-state index in [0.29, 0.717) is 10.0 Å². The highest BCUT2D eigenvalue weighted by atomic mass is 79.9. The minimum atomic E-state index is -3.91. The van der Waals surface area contributed by atoms with Crippen LogP contribution in [0.3, 0.4) is 0 Å². The molecule has 0 heterocycles. The van der Waals surface area contributed by atoms with Crippen molar-refractivity contribution < 1.29 is 13.2 Å². The molecule has 0 fully saturated rings. The molecule has 2 aromatic carbocycles. The number of hydrogen-bond donors (Lipinski definition) is 2. The standard InChI is InChI=1S/C16H12BrN3O3S/c17-13-5-2-6-14(9-13)24(22,23)20-16-11(7-8-15(19)21)3-1-4-12(16)10-18/h1-9,20H,(H2,19,21)/b8-7+. The van der Waals surface area contributed by atoms with Gasteiger partial charge in [0.25, 0.3) is 10.0 Å². The van der Waals surface area contributed by atoms with E-state index < -0.39 is 15.9 Å². The number of nitrogens with zero attached hydrogens (tertiary/aromatic N) is 1. The van der Waals surface area contributed by atoms with Gasteiger partial charge in [0.1, 0.15) is 6.07 Å². The number of rotatable bonds is 5. The van der Waals surface area contributed by atoms with Crippen molar-refractivity contribution in [2.45, 2.75) is 4.90 Å². The molecule has 0 aliphatic rings. The molecule has 3 N–H and O–H groups in total. The van der Waals surface area contributed by atoms with E-state index in [-0.39, 0.29) is 16.1 Å². The first-order valence-corrected chi connectivity index (χ1v) is 8.90. The van der Waals surface area contributed by atoms with E-state index in [0.717, 1.165) is 6.08 Å². The van der Waals surface area contributed by atoms with Crippen LogP contribution in [-0.4, -0.2) is 14.3 Å². The predicted molar refractivity (Wildman–Crippen MR) is 94.3 cm³/mol. The number of hydrogen-bond acceptors (Lipinski definition) is 4. The molecule has 24 heavy (non-hydrogen) atoms. The molecular weight excluding hydrogens is 394 g/mol. The number of amides is 1. The van der Waals surface area contributed by atoms with Crippen molar-refractivity contribution in [2.75, 3.05) is 4.72 Å². The number of nitriles is 1. The van der Waals surface area contributed by atoms with Crippen LogP contribution in [0.2, 0.25) is 0 Å². The Labute approximate surface area is 147 Å². The Morgan fingerprint density at radius 3 is 2.58 bits per heavy atom. The molecule has 0 aliphatic carbocycles. The van der Waals surface area contributed by atoms with Crippen LogP contribution >= 0.6 is 15.9 Å². The van der Waals surface area contributed by atoms with Gasteiger partial charge in [-0.2, -0.15) is 5.26 Å². The highest BCUT2D eigenvalue weighted by molar-refractivity contribution is 9.10. The van der Waals surface area contributed by atoms with Crippen molar-refractivity contribution in [1.82, 2.24) is 0 Å². The van der Waals surface area contributed by atoms with Crippen LogP contribution in [0, 0.1) is 11.3 Å². The van der Waals surface area contributed by atoms with Gasteiger partial charge in [-0.15, -0.1) is 0 Å². The molecule has 0 aliphatic heterocycles. The summed E-state index contributed by atoms with van der Waals surface area (Å²) in [6.45, 7) is 0. The summed E-state index contributed by atoms with van der Waals surface area (Å²) < 4.78 is 28.1. The molecular formula is C16H12BrN3O3S. The van der Waals surface area contributed by atoms with Gasteiger partial charge in [0.15, 0.2) is 0 Å². The number of anilines is 1. The summed E-state index contributed by atoms with van der Waals surface area (Å²) >= 11 is 3.22. The monoisotopic (exact) mass is 405 g/mol. The fourth-order valence-electron chi connectivity index (χ4n) is 1.92. The average Bonchev–Trinajstić information content (AvgIpc) is 2.53. The maximum absolute atomic E-state index is 12.6. The number of halogens is 1. The van der Waals surface area contributed by atoms with E-state index in [9.17, 15) is 18.5 Å². The molecule has 122 valence electrons. The van der Waals surface area contributed by atoms with E-state index in [4.69, 9.17) is 5.73 Å². The number of carbonyl (C=O) groups is 1. The third-order valence-corrected chi connectivity index (χ3v) is 4.83. The van der Waals surface area contributed by atoms with Gasteiger partial charge in [0.2, 0.25) is 5.91 Å². The van der Waals surface area contributed by atoms with Crippen molar-refractivity contribution in [3.05, 3.63) is 64.1 Å². The predicted octanol–water partition coefficient (Wildman–Crippen LogP) is 2.62. The second kappa shape index (κ2) is 7.29. The van der Waals surface area contributed by atoms with Gasteiger partial charge in [-0.1, -0.05) is 34.1 Å². The zero-order valence-corrected chi connectivity index (χ0v) is 14.6. The fraction of sp³-hybridized carbons (Fsp3) is 0.